The third-order valence-electron chi connectivity index (χ3n) is 6.09. The first-order valence-corrected chi connectivity index (χ1v) is 9.67. The second-order valence-electron chi connectivity index (χ2n) is 7.94. The van der Waals surface area contributed by atoms with Crippen molar-refractivity contribution < 1.29 is 27.5 Å². The summed E-state index contributed by atoms with van der Waals surface area (Å²) in [6.45, 7) is 1.42. The number of hydrogen-bond acceptors (Lipinski definition) is 4. The summed E-state index contributed by atoms with van der Waals surface area (Å²) in [4.78, 5) is 23.9. The van der Waals surface area contributed by atoms with E-state index in [9.17, 15) is 32.3 Å². The predicted molar refractivity (Wildman–Crippen MR) is 100 cm³/mol. The lowest BCUT2D eigenvalue weighted by Gasteiger charge is -2.40. The fraction of sp³-hybridized carbons (Fsp3) is 0.550. The zero-order chi connectivity index (χ0) is 22.3. The summed E-state index contributed by atoms with van der Waals surface area (Å²) < 4.78 is 55.8. The number of hydrogen-bond donors (Lipinski definition) is 2. The van der Waals surface area contributed by atoms with Crippen molar-refractivity contribution in [3.8, 4) is 5.75 Å². The first-order chi connectivity index (χ1) is 14.0. The van der Waals surface area contributed by atoms with Crippen LogP contribution in [0.25, 0.3) is 0 Å². The van der Waals surface area contributed by atoms with Crippen molar-refractivity contribution >= 4 is 5.91 Å². The van der Waals surface area contributed by atoms with Gasteiger partial charge in [0.1, 0.15) is 11.7 Å². The number of halogens is 4. The molecule has 10 heteroatoms. The first-order valence-electron chi connectivity index (χ1n) is 9.67. The highest BCUT2D eigenvalue weighted by atomic mass is 19.4. The molecule has 0 bridgehead atoms. The van der Waals surface area contributed by atoms with Gasteiger partial charge in [-0.2, -0.15) is 18.3 Å². The molecule has 0 radical (unpaired) electrons. The van der Waals surface area contributed by atoms with Gasteiger partial charge in [0.15, 0.2) is 11.4 Å². The Balaban J connectivity index is 2.04. The summed E-state index contributed by atoms with van der Waals surface area (Å²) in [6, 6.07) is 0. The molecule has 3 rings (SSSR count). The van der Waals surface area contributed by atoms with Crippen LogP contribution in [0.15, 0.2) is 34.5 Å². The minimum Gasteiger partial charge on any atom is -0.503 e. The van der Waals surface area contributed by atoms with Gasteiger partial charge in [-0.1, -0.05) is 31.4 Å². The number of carbonyl (C=O) groups excluding carboxylic acids is 1. The van der Waals surface area contributed by atoms with Gasteiger partial charge >= 0.3 is 6.18 Å². The number of allylic oxidation sites excluding steroid dienone is 4. The van der Waals surface area contributed by atoms with Gasteiger partial charge in [-0.25, -0.2) is 4.39 Å². The van der Waals surface area contributed by atoms with Crippen molar-refractivity contribution in [1.29, 1.82) is 0 Å². The third-order valence-corrected chi connectivity index (χ3v) is 6.09. The molecular weight excluding hydrogens is 406 g/mol. The lowest BCUT2D eigenvalue weighted by Crippen LogP contribution is -2.39. The Morgan fingerprint density at radius 1 is 1.33 bits per heavy atom. The average molecular weight is 429 g/mol. The number of alkyl halides is 3. The molecule has 0 saturated heterocycles. The number of amides is 1. The molecule has 1 amide bonds. The van der Waals surface area contributed by atoms with Gasteiger partial charge in [0, 0.05) is 12.5 Å². The highest BCUT2D eigenvalue weighted by molar-refractivity contribution is 5.92. The molecule has 6 nitrogen and oxygen atoms in total. The maximum atomic E-state index is 14.1. The van der Waals surface area contributed by atoms with E-state index < -0.39 is 52.0 Å². The van der Waals surface area contributed by atoms with Gasteiger partial charge < -0.3 is 10.4 Å². The van der Waals surface area contributed by atoms with Crippen molar-refractivity contribution in [2.45, 2.75) is 45.3 Å². The fourth-order valence-corrected chi connectivity index (χ4v) is 4.71. The van der Waals surface area contributed by atoms with Crippen LogP contribution in [0, 0.1) is 17.3 Å². The second kappa shape index (κ2) is 7.88. The fourth-order valence-electron chi connectivity index (χ4n) is 4.71. The topological polar surface area (TPSA) is 84.2 Å². The quantitative estimate of drug-likeness (QED) is 0.718. The molecule has 0 aliphatic heterocycles. The van der Waals surface area contributed by atoms with Crippen LogP contribution in [-0.2, 0) is 6.54 Å². The second-order valence-corrected chi connectivity index (χ2v) is 7.94. The van der Waals surface area contributed by atoms with Crippen LogP contribution >= 0.6 is 0 Å². The Morgan fingerprint density at radius 3 is 2.53 bits per heavy atom. The zero-order valence-corrected chi connectivity index (χ0v) is 16.6. The van der Waals surface area contributed by atoms with Crippen molar-refractivity contribution in [1.82, 2.24) is 15.1 Å². The van der Waals surface area contributed by atoms with Crippen molar-refractivity contribution in [2.75, 3.05) is 7.05 Å². The molecule has 1 aromatic rings. The normalized spacial score (nSPS) is 23.7. The number of carbonyl (C=O) groups is 1. The van der Waals surface area contributed by atoms with E-state index in [0.29, 0.717) is 18.4 Å². The molecule has 2 unspecified atom stereocenters. The molecule has 1 heterocycles. The van der Waals surface area contributed by atoms with Crippen LogP contribution in [0.1, 0.15) is 43.1 Å². The van der Waals surface area contributed by atoms with Crippen LogP contribution < -0.4 is 10.7 Å². The maximum absolute atomic E-state index is 14.1. The highest BCUT2D eigenvalue weighted by Crippen LogP contribution is 2.54. The standard InChI is InChI=1S/C20H23F4N3O3/c1-11-12(5-6-13(21)15(11)20(22,23)24)19(7-3-4-8-19)10-27-9-14(28)17(29)16(26-27)18(30)25-2/h5-6,9,11,15,28H,3-4,7-8,10H2,1-2H3,(H,25,30). The summed E-state index contributed by atoms with van der Waals surface area (Å²) >= 11 is 0. The smallest absolute Gasteiger partial charge is 0.398 e. The molecule has 0 aromatic carbocycles. The highest BCUT2D eigenvalue weighted by Gasteiger charge is 2.52. The SMILES string of the molecule is CNC(=O)c1nn(CC2(C3=CC=C(F)C(C(F)(F)F)C3C)CCCC2)cc(O)c1=O. The monoisotopic (exact) mass is 429 g/mol. The molecular formula is C20H23F4N3O3. The Labute approximate surface area is 170 Å². The van der Waals surface area contributed by atoms with E-state index in [4.69, 9.17) is 0 Å². The average Bonchev–Trinajstić information content (AvgIpc) is 3.12. The number of aromatic hydroxyl groups is 1. The molecule has 2 atom stereocenters. The molecule has 1 fully saturated rings. The lowest BCUT2D eigenvalue weighted by atomic mass is 9.67. The maximum Gasteiger partial charge on any atom is 0.398 e. The van der Waals surface area contributed by atoms with E-state index in [1.165, 1.54) is 24.7 Å². The Hall–Kier alpha value is -2.65. The van der Waals surface area contributed by atoms with E-state index in [0.717, 1.165) is 25.1 Å². The molecule has 164 valence electrons. The number of nitrogens with zero attached hydrogens (tertiary/aromatic N) is 2. The molecule has 1 saturated carbocycles. The Bertz CT molecular complexity index is 959. The number of nitrogens with one attached hydrogen (secondary N) is 1. The minimum absolute atomic E-state index is 0.0566. The minimum atomic E-state index is -4.72. The zero-order valence-electron chi connectivity index (χ0n) is 16.6. The van der Waals surface area contributed by atoms with Gasteiger partial charge in [-0.3, -0.25) is 14.3 Å². The lowest BCUT2D eigenvalue weighted by molar-refractivity contribution is -0.178. The van der Waals surface area contributed by atoms with E-state index >= 15 is 0 Å². The van der Waals surface area contributed by atoms with E-state index in [1.807, 2.05) is 0 Å². The van der Waals surface area contributed by atoms with Gasteiger partial charge in [0.25, 0.3) is 11.3 Å². The third kappa shape index (κ3) is 3.87. The summed E-state index contributed by atoms with van der Waals surface area (Å²) in [5, 5.41) is 16.2. The molecule has 30 heavy (non-hydrogen) atoms. The number of rotatable bonds is 4. The van der Waals surface area contributed by atoms with E-state index in [2.05, 4.69) is 10.4 Å². The summed E-state index contributed by atoms with van der Waals surface area (Å²) in [5.74, 6) is -6.00. The number of aromatic nitrogens is 2. The van der Waals surface area contributed by atoms with Crippen LogP contribution in [0.3, 0.4) is 0 Å². The van der Waals surface area contributed by atoms with Crippen LogP contribution in [0.4, 0.5) is 17.6 Å². The van der Waals surface area contributed by atoms with Crippen molar-refractivity contribution in [3.05, 3.63) is 45.7 Å². The predicted octanol–water partition coefficient (Wildman–Crippen LogP) is 3.48. The summed E-state index contributed by atoms with van der Waals surface area (Å²) in [6.07, 6.45) is 1.26. The van der Waals surface area contributed by atoms with Crippen LogP contribution in [0.5, 0.6) is 5.75 Å². The molecule has 2 aliphatic carbocycles. The largest absolute Gasteiger partial charge is 0.503 e. The van der Waals surface area contributed by atoms with E-state index in [1.54, 1.807) is 0 Å². The first kappa shape index (κ1) is 22.0. The summed E-state index contributed by atoms with van der Waals surface area (Å²) in [5.41, 5.74) is -1.73. The van der Waals surface area contributed by atoms with Gasteiger partial charge in [-0.15, -0.1) is 0 Å². The van der Waals surface area contributed by atoms with E-state index in [-0.39, 0.29) is 6.54 Å². The van der Waals surface area contributed by atoms with Crippen molar-refractivity contribution in [2.24, 2.45) is 17.3 Å². The van der Waals surface area contributed by atoms with Crippen molar-refractivity contribution in [3.63, 3.8) is 0 Å². The molecule has 0 spiro atoms. The van der Waals surface area contributed by atoms with Gasteiger partial charge in [-0.05, 0) is 24.8 Å². The van der Waals surface area contributed by atoms with Crippen LogP contribution in [-0.4, -0.2) is 34.0 Å². The van der Waals surface area contributed by atoms with Gasteiger partial charge in [0.2, 0.25) is 0 Å². The molecule has 1 aromatic heterocycles. The van der Waals surface area contributed by atoms with Crippen LogP contribution in [0.2, 0.25) is 0 Å². The Morgan fingerprint density at radius 2 is 1.97 bits per heavy atom. The Kier molecular flexibility index (Phi) is 5.79. The molecule has 2 N–H and O–H groups in total. The molecule has 2 aliphatic rings. The van der Waals surface area contributed by atoms with Gasteiger partial charge in [0.05, 0.1) is 12.7 Å². The summed E-state index contributed by atoms with van der Waals surface area (Å²) in [7, 11) is 1.31.